The predicted molar refractivity (Wildman–Crippen MR) is 106 cm³/mol. The van der Waals surface area contributed by atoms with Gasteiger partial charge in [0, 0.05) is 0 Å². The molecule has 25 heavy (non-hydrogen) atoms. The SMILES string of the molecule is Oc1ccc(-c2cccc3cc4cc5ccccc5cc4cc23)cc1. The van der Waals surface area contributed by atoms with Crippen LogP contribution in [0.3, 0.4) is 0 Å². The third-order valence-electron chi connectivity index (χ3n) is 4.88. The summed E-state index contributed by atoms with van der Waals surface area (Å²) in [5, 5.41) is 17.1. The molecule has 0 saturated heterocycles. The van der Waals surface area contributed by atoms with Crippen molar-refractivity contribution in [3.8, 4) is 16.9 Å². The molecule has 0 bridgehead atoms. The van der Waals surface area contributed by atoms with Crippen molar-refractivity contribution in [1.82, 2.24) is 0 Å². The van der Waals surface area contributed by atoms with Gasteiger partial charge in [0.15, 0.2) is 0 Å². The van der Waals surface area contributed by atoms with Crippen LogP contribution in [-0.4, -0.2) is 5.11 Å². The van der Waals surface area contributed by atoms with Crippen LogP contribution in [0.5, 0.6) is 5.75 Å². The molecule has 0 heterocycles. The molecule has 0 amide bonds. The van der Waals surface area contributed by atoms with Gasteiger partial charge in [-0.3, -0.25) is 0 Å². The highest BCUT2D eigenvalue weighted by Crippen LogP contribution is 2.33. The van der Waals surface area contributed by atoms with Gasteiger partial charge in [0.2, 0.25) is 0 Å². The highest BCUT2D eigenvalue weighted by molar-refractivity contribution is 6.08. The molecular weight excluding hydrogens is 304 g/mol. The fourth-order valence-corrected chi connectivity index (χ4v) is 3.61. The van der Waals surface area contributed by atoms with E-state index >= 15 is 0 Å². The van der Waals surface area contributed by atoms with E-state index < -0.39 is 0 Å². The molecule has 5 aromatic rings. The number of benzene rings is 5. The first kappa shape index (κ1) is 14.1. The highest BCUT2D eigenvalue weighted by Gasteiger charge is 2.06. The van der Waals surface area contributed by atoms with Gasteiger partial charge < -0.3 is 5.11 Å². The van der Waals surface area contributed by atoms with Gasteiger partial charge in [-0.1, -0.05) is 54.6 Å². The number of hydrogen-bond donors (Lipinski definition) is 1. The molecule has 0 atom stereocenters. The van der Waals surface area contributed by atoms with Crippen molar-refractivity contribution in [2.24, 2.45) is 0 Å². The number of fused-ring (bicyclic) bond motifs is 3. The first-order chi connectivity index (χ1) is 12.3. The molecule has 5 aromatic carbocycles. The summed E-state index contributed by atoms with van der Waals surface area (Å²) >= 11 is 0. The Morgan fingerprint density at radius 1 is 0.480 bits per heavy atom. The Labute approximate surface area is 145 Å². The molecular formula is C24H16O. The maximum Gasteiger partial charge on any atom is 0.115 e. The molecule has 0 aliphatic carbocycles. The predicted octanol–water partition coefficient (Wildman–Crippen LogP) is 6.52. The molecule has 118 valence electrons. The summed E-state index contributed by atoms with van der Waals surface area (Å²) in [4.78, 5) is 0. The van der Waals surface area contributed by atoms with E-state index in [1.807, 2.05) is 12.1 Å². The molecule has 1 heteroatoms. The largest absolute Gasteiger partial charge is 0.508 e. The zero-order valence-electron chi connectivity index (χ0n) is 13.6. The Kier molecular flexibility index (Phi) is 3.01. The average molecular weight is 320 g/mol. The minimum absolute atomic E-state index is 0.293. The van der Waals surface area contributed by atoms with Crippen LogP contribution in [0, 0.1) is 0 Å². The van der Waals surface area contributed by atoms with Gasteiger partial charge >= 0.3 is 0 Å². The molecule has 0 saturated carbocycles. The van der Waals surface area contributed by atoms with E-state index in [4.69, 9.17) is 0 Å². The Balaban J connectivity index is 1.83. The fourth-order valence-electron chi connectivity index (χ4n) is 3.61. The summed E-state index contributed by atoms with van der Waals surface area (Å²) in [5.41, 5.74) is 2.30. The van der Waals surface area contributed by atoms with Gasteiger partial charge in [-0.25, -0.2) is 0 Å². The fraction of sp³-hybridized carbons (Fsp3) is 0. The smallest absolute Gasteiger partial charge is 0.115 e. The summed E-state index contributed by atoms with van der Waals surface area (Å²) in [6.07, 6.45) is 0. The molecule has 0 unspecified atom stereocenters. The maximum absolute atomic E-state index is 9.56. The van der Waals surface area contributed by atoms with Gasteiger partial charge in [0.25, 0.3) is 0 Å². The molecule has 1 nitrogen and oxygen atoms in total. The monoisotopic (exact) mass is 320 g/mol. The summed E-state index contributed by atoms with van der Waals surface area (Å²) in [7, 11) is 0. The number of hydrogen-bond acceptors (Lipinski definition) is 1. The molecule has 0 radical (unpaired) electrons. The number of phenolic OH excluding ortho intramolecular Hbond substituents is 1. The second kappa shape index (κ2) is 5.35. The minimum Gasteiger partial charge on any atom is -0.508 e. The lowest BCUT2D eigenvalue weighted by Crippen LogP contribution is -1.83. The lowest BCUT2D eigenvalue weighted by atomic mass is 9.94. The standard InChI is InChI=1S/C24H16O/c25-22-10-8-16(9-11-22)23-7-3-6-19-14-20-12-17-4-1-2-5-18(17)13-21(20)15-24(19)23/h1-15,25H. The van der Waals surface area contributed by atoms with Gasteiger partial charge in [-0.15, -0.1) is 0 Å². The van der Waals surface area contributed by atoms with E-state index in [-0.39, 0.29) is 0 Å². The minimum atomic E-state index is 0.293. The Morgan fingerprint density at radius 2 is 1.08 bits per heavy atom. The zero-order valence-corrected chi connectivity index (χ0v) is 13.6. The first-order valence-electron chi connectivity index (χ1n) is 8.43. The van der Waals surface area contributed by atoms with Gasteiger partial charge in [-0.2, -0.15) is 0 Å². The quantitative estimate of drug-likeness (QED) is 0.349. The molecule has 5 rings (SSSR count). The van der Waals surface area contributed by atoms with Crippen LogP contribution in [0.2, 0.25) is 0 Å². The second-order valence-corrected chi connectivity index (χ2v) is 6.47. The van der Waals surface area contributed by atoms with Crippen LogP contribution in [0.4, 0.5) is 0 Å². The lowest BCUT2D eigenvalue weighted by molar-refractivity contribution is 0.475. The average Bonchev–Trinajstić information content (AvgIpc) is 2.65. The van der Waals surface area contributed by atoms with E-state index in [9.17, 15) is 5.11 Å². The summed E-state index contributed by atoms with van der Waals surface area (Å²) in [5.74, 6) is 0.293. The number of phenols is 1. The first-order valence-corrected chi connectivity index (χ1v) is 8.43. The van der Waals surface area contributed by atoms with Crippen LogP contribution in [0.25, 0.3) is 43.4 Å². The van der Waals surface area contributed by atoms with E-state index in [0.717, 1.165) is 5.56 Å². The van der Waals surface area contributed by atoms with Crippen molar-refractivity contribution >= 4 is 32.3 Å². The van der Waals surface area contributed by atoms with Crippen LogP contribution >= 0.6 is 0 Å². The Hall–Kier alpha value is -3.32. The summed E-state index contributed by atoms with van der Waals surface area (Å²) in [6, 6.07) is 31.4. The topological polar surface area (TPSA) is 20.2 Å². The molecule has 0 aromatic heterocycles. The van der Waals surface area contributed by atoms with Crippen molar-refractivity contribution in [3.05, 3.63) is 91.0 Å². The normalized spacial score (nSPS) is 11.4. The molecule has 0 fully saturated rings. The third kappa shape index (κ3) is 2.33. The van der Waals surface area contributed by atoms with Crippen LogP contribution in [0.1, 0.15) is 0 Å². The lowest BCUT2D eigenvalue weighted by Gasteiger charge is -2.10. The van der Waals surface area contributed by atoms with Crippen molar-refractivity contribution in [3.63, 3.8) is 0 Å². The van der Waals surface area contributed by atoms with Crippen molar-refractivity contribution in [1.29, 1.82) is 0 Å². The van der Waals surface area contributed by atoms with E-state index in [1.165, 1.54) is 37.9 Å². The molecule has 0 aliphatic heterocycles. The third-order valence-corrected chi connectivity index (χ3v) is 4.88. The van der Waals surface area contributed by atoms with E-state index in [0.29, 0.717) is 5.75 Å². The van der Waals surface area contributed by atoms with Crippen LogP contribution < -0.4 is 0 Å². The van der Waals surface area contributed by atoms with Gasteiger partial charge in [0.05, 0.1) is 0 Å². The maximum atomic E-state index is 9.56. The zero-order chi connectivity index (χ0) is 16.8. The van der Waals surface area contributed by atoms with E-state index in [1.54, 1.807) is 12.1 Å². The van der Waals surface area contributed by atoms with E-state index in [2.05, 4.69) is 66.7 Å². The molecule has 0 spiro atoms. The number of rotatable bonds is 1. The summed E-state index contributed by atoms with van der Waals surface area (Å²) in [6.45, 7) is 0. The van der Waals surface area contributed by atoms with Gasteiger partial charge in [0.1, 0.15) is 5.75 Å². The van der Waals surface area contributed by atoms with Crippen molar-refractivity contribution in [2.45, 2.75) is 0 Å². The Bertz CT molecular complexity index is 1230. The number of aromatic hydroxyl groups is 1. The van der Waals surface area contributed by atoms with Crippen molar-refractivity contribution < 1.29 is 5.11 Å². The molecule has 1 N–H and O–H groups in total. The highest BCUT2D eigenvalue weighted by atomic mass is 16.3. The Morgan fingerprint density at radius 3 is 1.80 bits per heavy atom. The van der Waals surface area contributed by atoms with Crippen LogP contribution in [-0.2, 0) is 0 Å². The van der Waals surface area contributed by atoms with Gasteiger partial charge in [-0.05, 0) is 79.8 Å². The van der Waals surface area contributed by atoms with Crippen molar-refractivity contribution in [2.75, 3.05) is 0 Å². The summed E-state index contributed by atoms with van der Waals surface area (Å²) < 4.78 is 0. The second-order valence-electron chi connectivity index (χ2n) is 6.47. The molecule has 0 aliphatic rings. The van der Waals surface area contributed by atoms with Crippen LogP contribution in [0.15, 0.2) is 91.0 Å².